The molecule has 3 atom stereocenters. The van der Waals surface area contributed by atoms with E-state index in [2.05, 4.69) is 24.1 Å². The summed E-state index contributed by atoms with van der Waals surface area (Å²) in [6, 6.07) is 3.86. The predicted molar refractivity (Wildman–Crippen MR) is 92.3 cm³/mol. The number of ether oxygens (including phenoxy) is 1. The number of anilines is 1. The number of nitrogens with one attached hydrogen (secondary N) is 1. The van der Waals surface area contributed by atoms with Crippen LogP contribution in [-0.2, 0) is 4.79 Å². The monoisotopic (exact) mass is 335 g/mol. The Hall–Kier alpha value is -2.15. The fourth-order valence-corrected chi connectivity index (χ4v) is 3.34. The Morgan fingerprint density at radius 3 is 2.54 bits per heavy atom. The third kappa shape index (κ3) is 4.23. The predicted octanol–water partition coefficient (Wildman–Crippen LogP) is 2.91. The number of carbonyl (C=O) groups is 1. The average molecular weight is 335 g/mol. The van der Waals surface area contributed by atoms with Crippen molar-refractivity contribution in [2.24, 2.45) is 11.8 Å². The molecule has 0 aromatic heterocycles. The van der Waals surface area contributed by atoms with Gasteiger partial charge in [0.2, 0.25) is 5.91 Å². The van der Waals surface area contributed by atoms with Crippen LogP contribution in [0.2, 0.25) is 0 Å². The Morgan fingerprint density at radius 1 is 1.38 bits per heavy atom. The number of likely N-dealkylation sites (tertiary alicyclic amines) is 1. The Labute approximate surface area is 142 Å². The van der Waals surface area contributed by atoms with Gasteiger partial charge < -0.3 is 10.1 Å². The fraction of sp³-hybridized carbons (Fsp3) is 0.588. The van der Waals surface area contributed by atoms with Gasteiger partial charge in [-0.2, -0.15) is 0 Å². The molecule has 1 aliphatic rings. The zero-order valence-corrected chi connectivity index (χ0v) is 14.6. The van der Waals surface area contributed by atoms with Gasteiger partial charge in [-0.15, -0.1) is 0 Å². The molecule has 0 saturated carbocycles. The minimum Gasteiger partial charge on any atom is -0.495 e. The number of hydrogen-bond donors (Lipinski definition) is 1. The lowest BCUT2D eigenvalue weighted by Crippen LogP contribution is -2.48. The highest BCUT2D eigenvalue weighted by Gasteiger charge is 2.29. The van der Waals surface area contributed by atoms with Crippen molar-refractivity contribution in [3.63, 3.8) is 0 Å². The number of amides is 1. The summed E-state index contributed by atoms with van der Waals surface area (Å²) in [6.07, 6.45) is 1.17. The van der Waals surface area contributed by atoms with Gasteiger partial charge >= 0.3 is 0 Å². The van der Waals surface area contributed by atoms with Gasteiger partial charge in [-0.05, 0) is 31.2 Å². The number of rotatable bonds is 5. The molecule has 1 aromatic rings. The number of nitro groups is 1. The van der Waals surface area contributed by atoms with Crippen LogP contribution in [0, 0.1) is 22.0 Å². The Kier molecular flexibility index (Phi) is 5.77. The highest BCUT2D eigenvalue weighted by Crippen LogP contribution is 2.29. The molecule has 1 N–H and O–H groups in total. The van der Waals surface area contributed by atoms with E-state index in [0.717, 1.165) is 13.1 Å². The highest BCUT2D eigenvalue weighted by atomic mass is 16.6. The summed E-state index contributed by atoms with van der Waals surface area (Å²) in [7, 11) is 1.47. The maximum atomic E-state index is 12.6. The van der Waals surface area contributed by atoms with Crippen LogP contribution >= 0.6 is 0 Å². The van der Waals surface area contributed by atoms with Gasteiger partial charge in [-0.3, -0.25) is 19.8 Å². The van der Waals surface area contributed by atoms with Crippen molar-refractivity contribution in [3.8, 4) is 5.75 Å². The number of hydrogen-bond acceptors (Lipinski definition) is 5. The number of benzene rings is 1. The highest BCUT2D eigenvalue weighted by molar-refractivity contribution is 5.96. The van der Waals surface area contributed by atoms with E-state index in [1.807, 2.05) is 6.92 Å². The minimum atomic E-state index is -0.494. The van der Waals surface area contributed by atoms with Gasteiger partial charge in [0.1, 0.15) is 5.75 Å². The van der Waals surface area contributed by atoms with E-state index < -0.39 is 4.92 Å². The summed E-state index contributed by atoms with van der Waals surface area (Å²) >= 11 is 0. The van der Waals surface area contributed by atoms with E-state index in [1.54, 1.807) is 0 Å². The van der Waals surface area contributed by atoms with Gasteiger partial charge in [-0.1, -0.05) is 13.8 Å². The largest absolute Gasteiger partial charge is 0.495 e. The first-order valence-electron chi connectivity index (χ1n) is 8.19. The molecular formula is C17H25N3O4. The molecule has 1 aromatic carbocycles. The Morgan fingerprint density at radius 2 is 2.00 bits per heavy atom. The smallest absolute Gasteiger partial charge is 0.271 e. The molecule has 7 heteroatoms. The minimum absolute atomic E-state index is 0.0843. The van der Waals surface area contributed by atoms with Crippen molar-refractivity contribution >= 4 is 17.3 Å². The van der Waals surface area contributed by atoms with E-state index in [1.165, 1.54) is 31.7 Å². The normalized spacial score (nSPS) is 22.7. The molecule has 1 amide bonds. The molecule has 0 bridgehead atoms. The topological polar surface area (TPSA) is 84.7 Å². The molecule has 1 saturated heterocycles. The summed E-state index contributed by atoms with van der Waals surface area (Å²) in [4.78, 5) is 25.2. The first kappa shape index (κ1) is 18.2. The standard InChI is InChI=1S/C17H25N3O4/c1-11-7-12(2)10-19(9-11)13(3)17(21)18-15-8-14(20(22)23)5-6-16(15)24-4/h5-6,8,11-13H,7,9-10H2,1-4H3,(H,18,21). The van der Waals surface area contributed by atoms with E-state index in [4.69, 9.17) is 4.74 Å². The molecular weight excluding hydrogens is 310 g/mol. The number of nitrogens with zero attached hydrogens (tertiary/aromatic N) is 2. The molecule has 24 heavy (non-hydrogen) atoms. The molecule has 0 spiro atoms. The number of methoxy groups -OCH3 is 1. The molecule has 7 nitrogen and oxygen atoms in total. The number of carbonyl (C=O) groups excluding carboxylic acids is 1. The average Bonchev–Trinajstić information content (AvgIpc) is 2.52. The fourth-order valence-electron chi connectivity index (χ4n) is 3.34. The molecule has 0 aliphatic carbocycles. The van der Waals surface area contributed by atoms with Crippen molar-refractivity contribution in [2.75, 3.05) is 25.5 Å². The second-order valence-electron chi connectivity index (χ2n) is 6.71. The second-order valence-corrected chi connectivity index (χ2v) is 6.71. The summed E-state index contributed by atoms with van der Waals surface area (Å²) in [5.41, 5.74) is 0.237. The SMILES string of the molecule is COc1ccc([N+](=O)[O-])cc1NC(=O)C(C)N1CC(C)CC(C)C1. The second kappa shape index (κ2) is 7.61. The van der Waals surface area contributed by atoms with Crippen LogP contribution in [0.15, 0.2) is 18.2 Å². The van der Waals surface area contributed by atoms with E-state index in [0.29, 0.717) is 23.3 Å². The lowest BCUT2D eigenvalue weighted by molar-refractivity contribution is -0.384. The molecule has 3 unspecified atom stereocenters. The van der Waals surface area contributed by atoms with Crippen molar-refractivity contribution < 1.29 is 14.5 Å². The van der Waals surface area contributed by atoms with Crippen molar-refractivity contribution in [3.05, 3.63) is 28.3 Å². The van der Waals surface area contributed by atoms with Crippen LogP contribution in [0.1, 0.15) is 27.2 Å². The molecule has 132 valence electrons. The lowest BCUT2D eigenvalue weighted by Gasteiger charge is -2.38. The first-order chi connectivity index (χ1) is 11.3. The van der Waals surface area contributed by atoms with E-state index >= 15 is 0 Å². The maximum Gasteiger partial charge on any atom is 0.271 e. The molecule has 1 heterocycles. The number of nitro benzene ring substituents is 1. The molecule has 2 rings (SSSR count). The van der Waals surface area contributed by atoms with Gasteiger partial charge in [0.25, 0.3) is 5.69 Å². The van der Waals surface area contributed by atoms with Gasteiger partial charge in [0, 0.05) is 25.2 Å². The van der Waals surface area contributed by atoms with Crippen LogP contribution in [0.3, 0.4) is 0 Å². The van der Waals surface area contributed by atoms with Gasteiger partial charge in [0.15, 0.2) is 0 Å². The molecule has 1 aliphatic heterocycles. The Balaban J connectivity index is 2.13. The van der Waals surface area contributed by atoms with Crippen molar-refractivity contribution in [1.29, 1.82) is 0 Å². The third-order valence-electron chi connectivity index (χ3n) is 4.48. The van der Waals surface area contributed by atoms with Crippen LogP contribution in [0.4, 0.5) is 11.4 Å². The van der Waals surface area contributed by atoms with Crippen LogP contribution in [-0.4, -0.2) is 42.0 Å². The van der Waals surface area contributed by atoms with Gasteiger partial charge in [-0.25, -0.2) is 0 Å². The summed E-state index contributed by atoms with van der Waals surface area (Å²) < 4.78 is 5.19. The van der Waals surface area contributed by atoms with Crippen LogP contribution < -0.4 is 10.1 Å². The van der Waals surface area contributed by atoms with E-state index in [9.17, 15) is 14.9 Å². The van der Waals surface area contributed by atoms with Crippen molar-refractivity contribution in [2.45, 2.75) is 33.2 Å². The quantitative estimate of drug-likeness (QED) is 0.660. The zero-order valence-electron chi connectivity index (χ0n) is 14.6. The van der Waals surface area contributed by atoms with Gasteiger partial charge in [0.05, 0.1) is 23.8 Å². The van der Waals surface area contributed by atoms with Crippen LogP contribution in [0.5, 0.6) is 5.75 Å². The number of non-ortho nitro benzene ring substituents is 1. The summed E-state index contributed by atoms with van der Waals surface area (Å²) in [5.74, 6) is 1.32. The molecule has 0 radical (unpaired) electrons. The van der Waals surface area contributed by atoms with Crippen LogP contribution in [0.25, 0.3) is 0 Å². The van der Waals surface area contributed by atoms with E-state index in [-0.39, 0.29) is 17.6 Å². The summed E-state index contributed by atoms with van der Waals surface area (Å²) in [6.45, 7) is 8.01. The lowest BCUT2D eigenvalue weighted by atomic mass is 9.91. The van der Waals surface area contributed by atoms with Crippen molar-refractivity contribution in [1.82, 2.24) is 4.90 Å². The Bertz CT molecular complexity index is 610. The first-order valence-corrected chi connectivity index (χ1v) is 8.19. The maximum absolute atomic E-state index is 12.6. The zero-order chi connectivity index (χ0) is 17.9. The number of piperidine rings is 1. The third-order valence-corrected chi connectivity index (χ3v) is 4.48. The molecule has 1 fully saturated rings. The summed E-state index contributed by atoms with van der Waals surface area (Å²) in [5, 5.41) is 13.7.